The van der Waals surface area contributed by atoms with Crippen LogP contribution in [-0.2, 0) is 6.42 Å². The molecule has 0 fully saturated rings. The number of hydrogen-bond acceptors (Lipinski definition) is 3. The van der Waals surface area contributed by atoms with Crippen LogP contribution in [0.4, 0.5) is 0 Å². The summed E-state index contributed by atoms with van der Waals surface area (Å²) in [7, 11) is 1.82. The third-order valence-corrected chi connectivity index (χ3v) is 2.45. The summed E-state index contributed by atoms with van der Waals surface area (Å²) in [5, 5.41) is 0. The maximum absolute atomic E-state index is 12.1. The molecule has 0 aromatic carbocycles. The van der Waals surface area contributed by atoms with Crippen molar-refractivity contribution in [3.05, 3.63) is 29.6 Å². The van der Waals surface area contributed by atoms with Gasteiger partial charge in [-0.3, -0.25) is 9.78 Å². The monoisotopic (exact) mass is 235 g/mol. The van der Waals surface area contributed by atoms with E-state index >= 15 is 0 Å². The van der Waals surface area contributed by atoms with Crippen LogP contribution in [0.15, 0.2) is 18.3 Å². The summed E-state index contributed by atoms with van der Waals surface area (Å²) >= 11 is 0. The lowest BCUT2D eigenvalue weighted by Crippen LogP contribution is -2.30. The summed E-state index contributed by atoms with van der Waals surface area (Å²) in [5.41, 5.74) is 7.04. The number of nitrogens with zero attached hydrogens (tertiary/aromatic N) is 2. The SMILES string of the molecule is CC(C)CN(C)C(=O)c1ccnc(CCN)c1. The predicted molar refractivity (Wildman–Crippen MR) is 68.8 cm³/mol. The van der Waals surface area contributed by atoms with Gasteiger partial charge in [0.15, 0.2) is 0 Å². The van der Waals surface area contributed by atoms with Crippen molar-refractivity contribution >= 4 is 5.91 Å². The molecule has 4 nitrogen and oxygen atoms in total. The maximum atomic E-state index is 12.1. The van der Waals surface area contributed by atoms with Crippen LogP contribution in [0.5, 0.6) is 0 Å². The topological polar surface area (TPSA) is 59.2 Å². The number of pyridine rings is 1. The molecular weight excluding hydrogens is 214 g/mol. The number of carbonyl (C=O) groups excluding carboxylic acids is 1. The Bertz CT molecular complexity index is 377. The van der Waals surface area contributed by atoms with Gasteiger partial charge in [-0.1, -0.05) is 13.8 Å². The molecule has 1 rings (SSSR count). The lowest BCUT2D eigenvalue weighted by molar-refractivity contribution is 0.0779. The van der Waals surface area contributed by atoms with Crippen LogP contribution in [0.25, 0.3) is 0 Å². The van der Waals surface area contributed by atoms with Gasteiger partial charge in [0.1, 0.15) is 0 Å². The van der Waals surface area contributed by atoms with Gasteiger partial charge in [-0.05, 0) is 24.6 Å². The van der Waals surface area contributed by atoms with Crippen LogP contribution in [-0.4, -0.2) is 35.9 Å². The first kappa shape index (κ1) is 13.6. The molecule has 0 aliphatic rings. The predicted octanol–water partition coefficient (Wildman–Crippen LogP) is 1.31. The molecule has 0 unspecified atom stereocenters. The largest absolute Gasteiger partial charge is 0.341 e. The fraction of sp³-hybridized carbons (Fsp3) is 0.538. The van der Waals surface area contributed by atoms with Crippen LogP contribution >= 0.6 is 0 Å². The second kappa shape index (κ2) is 6.35. The smallest absolute Gasteiger partial charge is 0.253 e. The number of aromatic nitrogens is 1. The molecule has 1 aromatic heterocycles. The van der Waals surface area contributed by atoms with Gasteiger partial charge in [0, 0.05) is 37.5 Å². The third-order valence-electron chi connectivity index (χ3n) is 2.45. The molecule has 0 saturated carbocycles. The molecule has 1 amide bonds. The fourth-order valence-electron chi connectivity index (χ4n) is 1.75. The van der Waals surface area contributed by atoms with E-state index in [1.165, 1.54) is 0 Å². The van der Waals surface area contributed by atoms with E-state index in [-0.39, 0.29) is 5.91 Å². The fourth-order valence-corrected chi connectivity index (χ4v) is 1.75. The van der Waals surface area contributed by atoms with E-state index in [0.29, 0.717) is 24.4 Å². The Kier molecular flexibility index (Phi) is 5.10. The number of amides is 1. The Morgan fingerprint density at radius 2 is 2.24 bits per heavy atom. The zero-order chi connectivity index (χ0) is 12.8. The molecule has 1 heterocycles. The van der Waals surface area contributed by atoms with Crippen LogP contribution in [0.1, 0.15) is 29.9 Å². The van der Waals surface area contributed by atoms with Crippen LogP contribution in [0.3, 0.4) is 0 Å². The second-order valence-electron chi connectivity index (χ2n) is 4.65. The van der Waals surface area contributed by atoms with Crippen molar-refractivity contribution in [2.24, 2.45) is 11.7 Å². The lowest BCUT2D eigenvalue weighted by Gasteiger charge is -2.19. The van der Waals surface area contributed by atoms with Crippen molar-refractivity contribution in [3.8, 4) is 0 Å². The number of carbonyl (C=O) groups is 1. The van der Waals surface area contributed by atoms with Crippen molar-refractivity contribution in [3.63, 3.8) is 0 Å². The molecule has 1 aromatic rings. The van der Waals surface area contributed by atoms with E-state index in [0.717, 1.165) is 12.2 Å². The van der Waals surface area contributed by atoms with E-state index in [1.54, 1.807) is 17.2 Å². The first-order chi connectivity index (χ1) is 8.04. The highest BCUT2D eigenvalue weighted by atomic mass is 16.2. The highest BCUT2D eigenvalue weighted by Gasteiger charge is 2.13. The van der Waals surface area contributed by atoms with Gasteiger partial charge in [0.2, 0.25) is 0 Å². The summed E-state index contributed by atoms with van der Waals surface area (Å²) in [4.78, 5) is 18.0. The summed E-state index contributed by atoms with van der Waals surface area (Å²) in [6.45, 7) is 5.49. The minimum absolute atomic E-state index is 0.0411. The summed E-state index contributed by atoms with van der Waals surface area (Å²) in [5.74, 6) is 0.508. The lowest BCUT2D eigenvalue weighted by atomic mass is 10.1. The van der Waals surface area contributed by atoms with Gasteiger partial charge in [0.25, 0.3) is 5.91 Å². The van der Waals surface area contributed by atoms with Crippen LogP contribution in [0.2, 0.25) is 0 Å². The zero-order valence-corrected chi connectivity index (χ0v) is 10.8. The Hall–Kier alpha value is -1.42. The third kappa shape index (κ3) is 4.15. The molecule has 0 atom stereocenters. The van der Waals surface area contributed by atoms with E-state index < -0.39 is 0 Å². The Morgan fingerprint density at radius 3 is 2.82 bits per heavy atom. The first-order valence-electron chi connectivity index (χ1n) is 5.95. The average molecular weight is 235 g/mol. The van der Waals surface area contributed by atoms with Gasteiger partial charge in [-0.2, -0.15) is 0 Å². The van der Waals surface area contributed by atoms with Crippen molar-refractivity contribution in [2.45, 2.75) is 20.3 Å². The Morgan fingerprint density at radius 1 is 1.53 bits per heavy atom. The quantitative estimate of drug-likeness (QED) is 0.837. The summed E-state index contributed by atoms with van der Waals surface area (Å²) in [6.07, 6.45) is 2.37. The van der Waals surface area contributed by atoms with Gasteiger partial charge < -0.3 is 10.6 Å². The van der Waals surface area contributed by atoms with Gasteiger partial charge in [-0.25, -0.2) is 0 Å². The van der Waals surface area contributed by atoms with Crippen LogP contribution in [0, 0.1) is 5.92 Å². The highest BCUT2D eigenvalue weighted by molar-refractivity contribution is 5.94. The molecule has 0 aliphatic heterocycles. The minimum atomic E-state index is 0.0411. The van der Waals surface area contributed by atoms with Gasteiger partial charge in [0.05, 0.1) is 0 Å². The van der Waals surface area contributed by atoms with E-state index in [2.05, 4.69) is 18.8 Å². The number of rotatable bonds is 5. The van der Waals surface area contributed by atoms with Gasteiger partial charge >= 0.3 is 0 Å². The van der Waals surface area contributed by atoms with E-state index in [9.17, 15) is 4.79 Å². The molecule has 17 heavy (non-hydrogen) atoms. The normalized spacial score (nSPS) is 10.6. The molecule has 4 heteroatoms. The molecule has 2 N–H and O–H groups in total. The second-order valence-corrected chi connectivity index (χ2v) is 4.65. The summed E-state index contributed by atoms with van der Waals surface area (Å²) in [6, 6.07) is 3.57. The standard InChI is InChI=1S/C13H21N3O/c1-10(2)9-16(3)13(17)11-5-7-15-12(8-11)4-6-14/h5,7-8,10H,4,6,9,14H2,1-3H3. The first-order valence-corrected chi connectivity index (χ1v) is 5.95. The van der Waals surface area contributed by atoms with Gasteiger partial charge in [-0.15, -0.1) is 0 Å². The van der Waals surface area contributed by atoms with Crippen molar-refractivity contribution < 1.29 is 4.79 Å². The molecule has 0 saturated heterocycles. The highest BCUT2D eigenvalue weighted by Crippen LogP contribution is 2.07. The molecule has 0 spiro atoms. The van der Waals surface area contributed by atoms with Crippen LogP contribution < -0.4 is 5.73 Å². The Labute approximate surface area is 103 Å². The van der Waals surface area contributed by atoms with Crippen molar-refractivity contribution in [1.29, 1.82) is 0 Å². The number of hydrogen-bond donors (Lipinski definition) is 1. The molecular formula is C13H21N3O. The average Bonchev–Trinajstić information content (AvgIpc) is 2.28. The van der Waals surface area contributed by atoms with E-state index in [4.69, 9.17) is 5.73 Å². The van der Waals surface area contributed by atoms with E-state index in [1.807, 2.05) is 13.1 Å². The molecule has 94 valence electrons. The number of nitrogens with two attached hydrogens (primary N) is 1. The van der Waals surface area contributed by atoms with Crippen molar-refractivity contribution in [1.82, 2.24) is 9.88 Å². The zero-order valence-electron chi connectivity index (χ0n) is 10.8. The minimum Gasteiger partial charge on any atom is -0.341 e. The summed E-state index contributed by atoms with van der Waals surface area (Å²) < 4.78 is 0. The molecule has 0 bridgehead atoms. The molecule has 0 radical (unpaired) electrons. The molecule has 0 aliphatic carbocycles. The Balaban J connectivity index is 2.77. The maximum Gasteiger partial charge on any atom is 0.253 e. The van der Waals surface area contributed by atoms with Crippen molar-refractivity contribution in [2.75, 3.05) is 20.1 Å².